The summed E-state index contributed by atoms with van der Waals surface area (Å²) in [5.74, 6) is -0.874. The number of hydrogen-bond donors (Lipinski definition) is 1. The standard InChI is InChI=1S/C30H34N4O4/c35-27(13-14-28(36)37)33(22-11-12-22)29-23-7-1-2-9-25(23)34(26-10-4-8-24(26)29)30(38)20-6-3-5-19(17-20)21-15-16-31-32-18-21/h1-3,5,7,9,15-17,20-22,24,26,29H,4,6,8,10-14,18H2,(H,36,37). The molecular weight excluding hydrogens is 480 g/mol. The van der Waals surface area contributed by atoms with Crippen LogP contribution in [0.3, 0.4) is 0 Å². The fraction of sp³-hybridized carbons (Fsp3) is 0.500. The van der Waals surface area contributed by atoms with Crippen molar-refractivity contribution in [2.75, 3.05) is 11.4 Å². The van der Waals surface area contributed by atoms with Crippen LogP contribution in [0.25, 0.3) is 0 Å². The molecule has 0 bridgehead atoms. The number of benzene rings is 1. The number of para-hydroxylation sites is 1. The van der Waals surface area contributed by atoms with Crippen LogP contribution < -0.4 is 4.90 Å². The average molecular weight is 515 g/mol. The van der Waals surface area contributed by atoms with Gasteiger partial charge in [0, 0.05) is 42.2 Å². The van der Waals surface area contributed by atoms with Crippen molar-refractivity contribution < 1.29 is 19.5 Å². The van der Waals surface area contributed by atoms with E-state index in [0.29, 0.717) is 13.0 Å². The molecule has 3 aliphatic carbocycles. The minimum atomic E-state index is -0.950. The third-order valence-corrected chi connectivity index (χ3v) is 8.69. The number of carboxylic acids is 1. The van der Waals surface area contributed by atoms with Gasteiger partial charge in [0.25, 0.3) is 0 Å². The normalized spacial score (nSPS) is 29.4. The molecule has 2 heterocycles. The van der Waals surface area contributed by atoms with E-state index in [9.17, 15) is 19.5 Å². The van der Waals surface area contributed by atoms with Crippen molar-refractivity contribution in [2.45, 2.75) is 69.5 Å². The molecule has 38 heavy (non-hydrogen) atoms. The summed E-state index contributed by atoms with van der Waals surface area (Å²) in [6.07, 6.45) is 15.4. The number of nitrogens with zero attached hydrogens (tertiary/aromatic N) is 4. The van der Waals surface area contributed by atoms with E-state index in [1.54, 1.807) is 6.20 Å². The van der Waals surface area contributed by atoms with Crippen molar-refractivity contribution in [3.8, 4) is 0 Å². The molecular formula is C30H34N4O4. The molecule has 1 aromatic rings. The maximum Gasteiger partial charge on any atom is 0.303 e. The number of carboxylic acid groups (broad SMARTS) is 1. The van der Waals surface area contributed by atoms with Gasteiger partial charge >= 0.3 is 5.97 Å². The summed E-state index contributed by atoms with van der Waals surface area (Å²) < 4.78 is 0. The van der Waals surface area contributed by atoms with Gasteiger partial charge in [-0.3, -0.25) is 14.4 Å². The number of azo groups is 1. The fourth-order valence-electron chi connectivity index (χ4n) is 6.85. The van der Waals surface area contributed by atoms with E-state index < -0.39 is 5.97 Å². The highest BCUT2D eigenvalue weighted by atomic mass is 16.4. The first-order valence-corrected chi connectivity index (χ1v) is 13.9. The summed E-state index contributed by atoms with van der Waals surface area (Å²) in [6, 6.07) is 8.12. The number of rotatable bonds is 7. The van der Waals surface area contributed by atoms with Gasteiger partial charge in [0.2, 0.25) is 11.8 Å². The quantitative estimate of drug-likeness (QED) is 0.540. The molecule has 1 aromatic carbocycles. The third kappa shape index (κ3) is 4.61. The summed E-state index contributed by atoms with van der Waals surface area (Å²) in [5, 5.41) is 17.3. The number of carbonyl (C=O) groups excluding carboxylic acids is 2. The van der Waals surface area contributed by atoms with Gasteiger partial charge in [-0.05, 0) is 49.3 Å². The number of carbonyl (C=O) groups is 3. The average Bonchev–Trinajstić information content (AvgIpc) is 3.67. The van der Waals surface area contributed by atoms with Crippen molar-refractivity contribution >= 4 is 23.5 Å². The Hall–Kier alpha value is -3.55. The van der Waals surface area contributed by atoms with Gasteiger partial charge in [0.05, 0.1) is 24.9 Å². The maximum absolute atomic E-state index is 14.3. The predicted molar refractivity (Wildman–Crippen MR) is 142 cm³/mol. The molecule has 2 aliphatic heterocycles. The Labute approximate surface area is 222 Å². The monoisotopic (exact) mass is 514 g/mol. The van der Waals surface area contributed by atoms with E-state index in [2.05, 4.69) is 34.5 Å². The van der Waals surface area contributed by atoms with Crippen molar-refractivity contribution in [1.29, 1.82) is 0 Å². The van der Waals surface area contributed by atoms with Gasteiger partial charge in [-0.15, -0.1) is 0 Å². The number of fused-ring (bicyclic) bond motifs is 2. The topological polar surface area (TPSA) is 103 Å². The SMILES string of the molecule is O=C(O)CCC(=O)N(C1CC1)C1c2ccccc2N(C(=O)C2C=C(C3C=CN=NC3)C=CC2)C2CCCC21. The summed E-state index contributed by atoms with van der Waals surface area (Å²) >= 11 is 0. The molecule has 0 saturated heterocycles. The smallest absolute Gasteiger partial charge is 0.303 e. The summed E-state index contributed by atoms with van der Waals surface area (Å²) in [7, 11) is 0. The second kappa shape index (κ2) is 10.3. The highest BCUT2D eigenvalue weighted by Gasteiger charge is 2.51. The van der Waals surface area contributed by atoms with Crippen LogP contribution in [0.2, 0.25) is 0 Å². The molecule has 0 spiro atoms. The summed E-state index contributed by atoms with van der Waals surface area (Å²) in [4.78, 5) is 43.0. The Morgan fingerprint density at radius 2 is 1.92 bits per heavy atom. The Morgan fingerprint density at radius 3 is 2.68 bits per heavy atom. The molecule has 2 amide bonds. The van der Waals surface area contributed by atoms with Crippen LogP contribution in [0.5, 0.6) is 0 Å². The van der Waals surface area contributed by atoms with Gasteiger partial charge in [0.15, 0.2) is 0 Å². The third-order valence-electron chi connectivity index (χ3n) is 8.69. The molecule has 5 unspecified atom stereocenters. The second-order valence-corrected chi connectivity index (χ2v) is 11.1. The molecule has 2 fully saturated rings. The van der Waals surface area contributed by atoms with Crippen LogP contribution in [-0.4, -0.2) is 46.4 Å². The van der Waals surface area contributed by atoms with Crippen molar-refractivity contribution in [3.63, 3.8) is 0 Å². The van der Waals surface area contributed by atoms with Crippen LogP contribution >= 0.6 is 0 Å². The van der Waals surface area contributed by atoms with Crippen LogP contribution in [-0.2, 0) is 14.4 Å². The molecule has 1 N–H and O–H groups in total. The Morgan fingerprint density at radius 1 is 1.08 bits per heavy atom. The fourth-order valence-corrected chi connectivity index (χ4v) is 6.85. The lowest BCUT2D eigenvalue weighted by atomic mass is 9.80. The minimum Gasteiger partial charge on any atom is -0.481 e. The van der Waals surface area contributed by atoms with Crippen molar-refractivity contribution in [3.05, 3.63) is 65.9 Å². The molecule has 5 atom stereocenters. The van der Waals surface area contributed by atoms with Gasteiger partial charge in [-0.25, -0.2) is 0 Å². The zero-order chi connectivity index (χ0) is 26.2. The van der Waals surface area contributed by atoms with Crippen LogP contribution in [0, 0.1) is 17.8 Å². The Bertz CT molecular complexity index is 1250. The van der Waals surface area contributed by atoms with Gasteiger partial charge < -0.3 is 14.9 Å². The van der Waals surface area contributed by atoms with E-state index in [1.165, 1.54) is 0 Å². The Kier molecular flexibility index (Phi) is 6.72. The van der Waals surface area contributed by atoms with Crippen molar-refractivity contribution in [1.82, 2.24) is 4.90 Å². The molecule has 0 radical (unpaired) electrons. The maximum atomic E-state index is 14.3. The molecule has 5 aliphatic rings. The predicted octanol–water partition coefficient (Wildman–Crippen LogP) is 5.20. The molecule has 2 saturated carbocycles. The highest BCUT2D eigenvalue weighted by Crippen LogP contribution is 2.53. The van der Waals surface area contributed by atoms with E-state index in [4.69, 9.17) is 0 Å². The van der Waals surface area contributed by atoms with Crippen molar-refractivity contribution in [2.24, 2.45) is 28.0 Å². The van der Waals surface area contributed by atoms with Crippen LogP contribution in [0.1, 0.15) is 63.0 Å². The molecule has 198 valence electrons. The number of hydrogen-bond acceptors (Lipinski definition) is 5. The molecule has 8 heteroatoms. The lowest BCUT2D eigenvalue weighted by molar-refractivity contribution is -0.143. The molecule has 8 nitrogen and oxygen atoms in total. The summed E-state index contributed by atoms with van der Waals surface area (Å²) in [6.45, 7) is 0.597. The highest BCUT2D eigenvalue weighted by molar-refractivity contribution is 5.98. The molecule has 0 aromatic heterocycles. The van der Waals surface area contributed by atoms with Crippen LogP contribution in [0.4, 0.5) is 5.69 Å². The lowest BCUT2D eigenvalue weighted by Gasteiger charge is -2.48. The van der Waals surface area contributed by atoms with E-state index in [1.807, 2.05) is 34.1 Å². The lowest BCUT2D eigenvalue weighted by Crippen LogP contribution is -2.54. The number of amides is 2. The number of anilines is 1. The minimum absolute atomic E-state index is 0.0156. The first-order valence-electron chi connectivity index (χ1n) is 13.9. The van der Waals surface area contributed by atoms with Gasteiger partial charge in [0.1, 0.15) is 0 Å². The Balaban J connectivity index is 1.34. The second-order valence-electron chi connectivity index (χ2n) is 11.1. The van der Waals surface area contributed by atoms with E-state index in [-0.39, 0.29) is 60.5 Å². The largest absolute Gasteiger partial charge is 0.481 e. The number of allylic oxidation sites excluding steroid dienone is 2. The number of aliphatic carboxylic acids is 1. The molecule has 6 rings (SSSR count). The zero-order valence-corrected chi connectivity index (χ0v) is 21.5. The first-order chi connectivity index (χ1) is 18.5. The zero-order valence-electron chi connectivity index (χ0n) is 21.5. The summed E-state index contributed by atoms with van der Waals surface area (Å²) in [5.41, 5.74) is 3.03. The van der Waals surface area contributed by atoms with Gasteiger partial charge in [-0.1, -0.05) is 48.9 Å². The van der Waals surface area contributed by atoms with Gasteiger partial charge in [-0.2, -0.15) is 10.2 Å². The van der Waals surface area contributed by atoms with E-state index in [0.717, 1.165) is 48.9 Å². The van der Waals surface area contributed by atoms with E-state index >= 15 is 0 Å². The van der Waals surface area contributed by atoms with Crippen LogP contribution in [0.15, 0.2) is 70.6 Å². The first kappa shape index (κ1) is 24.8.